The summed E-state index contributed by atoms with van der Waals surface area (Å²) in [5.41, 5.74) is 7.60. The molecule has 21 heavy (non-hydrogen) atoms. The van der Waals surface area contributed by atoms with Gasteiger partial charge in [-0.05, 0) is 59.7 Å². The summed E-state index contributed by atoms with van der Waals surface area (Å²) in [5, 5.41) is 12.4. The summed E-state index contributed by atoms with van der Waals surface area (Å²) in [7, 11) is 0. The Balaban J connectivity index is 1.97. The molecule has 1 aliphatic carbocycles. The van der Waals surface area contributed by atoms with Crippen LogP contribution in [0.5, 0.6) is 0 Å². The molecule has 112 valence electrons. The highest BCUT2D eigenvalue weighted by Gasteiger charge is 2.29. The fraction of sp³-hybridized carbons (Fsp3) is 0.533. The third-order valence-electron chi connectivity index (χ3n) is 4.37. The number of halogens is 1. The van der Waals surface area contributed by atoms with Crippen molar-refractivity contribution in [3.63, 3.8) is 0 Å². The van der Waals surface area contributed by atoms with E-state index < -0.39 is 0 Å². The molecule has 1 aromatic carbocycles. The molecule has 0 aliphatic heterocycles. The largest absolute Gasteiger partial charge is 0.399 e. The van der Waals surface area contributed by atoms with Crippen LogP contribution in [-0.2, 0) is 0 Å². The monoisotopic (exact) mass is 349 g/mol. The van der Waals surface area contributed by atoms with Gasteiger partial charge >= 0.3 is 0 Å². The van der Waals surface area contributed by atoms with Gasteiger partial charge in [0, 0.05) is 15.7 Å². The summed E-state index contributed by atoms with van der Waals surface area (Å²) in [4.78, 5) is 0. The zero-order valence-electron chi connectivity index (χ0n) is 12.3. The van der Waals surface area contributed by atoms with Crippen molar-refractivity contribution in [2.75, 3.05) is 5.73 Å². The van der Waals surface area contributed by atoms with Gasteiger partial charge in [0.25, 0.3) is 0 Å². The van der Waals surface area contributed by atoms with Crippen LogP contribution in [0.4, 0.5) is 5.69 Å². The van der Waals surface area contributed by atoms with Gasteiger partial charge in [0.2, 0.25) is 0 Å². The van der Waals surface area contributed by atoms with Gasteiger partial charge in [-0.2, -0.15) is 0 Å². The molecule has 1 heterocycles. The third kappa shape index (κ3) is 2.95. The average Bonchev–Trinajstić information content (AvgIpc) is 2.86. The molecule has 0 amide bonds. The number of nitrogen functional groups attached to an aromatic ring is 1. The van der Waals surface area contributed by atoms with E-state index in [1.54, 1.807) is 0 Å². The SMILES string of the molecule is CC1CCC(n2nnnc2-c2cc(N)cc(Br)c2)C(C)C1. The molecule has 6 heteroatoms. The van der Waals surface area contributed by atoms with Crippen molar-refractivity contribution in [3.05, 3.63) is 22.7 Å². The molecule has 1 aromatic heterocycles. The molecule has 1 aliphatic rings. The van der Waals surface area contributed by atoms with Gasteiger partial charge in [0.05, 0.1) is 6.04 Å². The summed E-state index contributed by atoms with van der Waals surface area (Å²) in [6.07, 6.45) is 3.59. The second-order valence-electron chi connectivity index (χ2n) is 6.18. The topological polar surface area (TPSA) is 69.6 Å². The van der Waals surface area contributed by atoms with Gasteiger partial charge in [-0.1, -0.05) is 29.8 Å². The standard InChI is InChI=1S/C15H20BrN5/c1-9-3-4-14(10(2)5-9)21-15(18-19-20-21)11-6-12(16)8-13(17)7-11/h6-10,14H,3-5,17H2,1-2H3. The summed E-state index contributed by atoms with van der Waals surface area (Å²) in [6.45, 7) is 4.61. The predicted octanol–water partition coefficient (Wildman–Crippen LogP) is 3.68. The van der Waals surface area contributed by atoms with Crippen LogP contribution in [0.2, 0.25) is 0 Å². The van der Waals surface area contributed by atoms with Crippen LogP contribution < -0.4 is 5.73 Å². The normalized spacial score (nSPS) is 26.0. The Kier molecular flexibility index (Phi) is 3.97. The Bertz CT molecular complexity index is 618. The lowest BCUT2D eigenvalue weighted by molar-refractivity contribution is 0.194. The number of benzene rings is 1. The smallest absolute Gasteiger partial charge is 0.182 e. The fourth-order valence-corrected chi connectivity index (χ4v) is 3.87. The number of hydrogen-bond donors (Lipinski definition) is 1. The number of hydrogen-bond acceptors (Lipinski definition) is 4. The first-order chi connectivity index (χ1) is 10.0. The molecule has 2 aromatic rings. The zero-order chi connectivity index (χ0) is 15.0. The number of aromatic nitrogens is 4. The second kappa shape index (κ2) is 5.75. The summed E-state index contributed by atoms with van der Waals surface area (Å²) >= 11 is 3.48. The van der Waals surface area contributed by atoms with Gasteiger partial charge in [0.15, 0.2) is 5.82 Å². The average molecular weight is 350 g/mol. The van der Waals surface area contributed by atoms with Crippen molar-refractivity contribution in [3.8, 4) is 11.4 Å². The fourth-order valence-electron chi connectivity index (χ4n) is 3.36. The maximum absolute atomic E-state index is 5.93. The van der Waals surface area contributed by atoms with E-state index >= 15 is 0 Å². The van der Waals surface area contributed by atoms with Crippen molar-refractivity contribution in [1.82, 2.24) is 20.2 Å². The van der Waals surface area contributed by atoms with Crippen molar-refractivity contribution in [1.29, 1.82) is 0 Å². The highest BCUT2D eigenvalue weighted by Crippen LogP contribution is 2.38. The maximum Gasteiger partial charge on any atom is 0.182 e. The van der Waals surface area contributed by atoms with Crippen molar-refractivity contribution in [2.45, 2.75) is 39.2 Å². The first-order valence-electron chi connectivity index (χ1n) is 7.39. The van der Waals surface area contributed by atoms with Gasteiger partial charge in [0.1, 0.15) is 0 Å². The number of nitrogens with zero attached hydrogens (tertiary/aromatic N) is 4. The van der Waals surface area contributed by atoms with E-state index in [1.165, 1.54) is 12.8 Å². The van der Waals surface area contributed by atoms with Gasteiger partial charge < -0.3 is 5.73 Å². The molecule has 3 rings (SSSR count). The molecule has 1 fully saturated rings. The minimum absolute atomic E-state index is 0.367. The quantitative estimate of drug-likeness (QED) is 0.839. The van der Waals surface area contributed by atoms with E-state index in [9.17, 15) is 0 Å². The van der Waals surface area contributed by atoms with Gasteiger partial charge in [-0.3, -0.25) is 0 Å². The predicted molar refractivity (Wildman–Crippen MR) is 86.6 cm³/mol. The Hall–Kier alpha value is -1.43. The third-order valence-corrected chi connectivity index (χ3v) is 4.83. The molecule has 5 nitrogen and oxygen atoms in total. The summed E-state index contributed by atoms with van der Waals surface area (Å²) in [6, 6.07) is 6.17. The zero-order valence-corrected chi connectivity index (χ0v) is 13.9. The van der Waals surface area contributed by atoms with Crippen LogP contribution in [0, 0.1) is 11.8 Å². The van der Waals surface area contributed by atoms with Crippen LogP contribution in [0.25, 0.3) is 11.4 Å². The second-order valence-corrected chi connectivity index (χ2v) is 7.10. The Morgan fingerprint density at radius 2 is 2.05 bits per heavy atom. The van der Waals surface area contributed by atoms with E-state index in [0.717, 1.165) is 28.2 Å². The highest BCUT2D eigenvalue weighted by molar-refractivity contribution is 9.10. The molecule has 0 saturated heterocycles. The molecule has 2 N–H and O–H groups in total. The molecular formula is C15H20BrN5. The van der Waals surface area contributed by atoms with Crippen LogP contribution in [0.15, 0.2) is 22.7 Å². The minimum atomic E-state index is 0.367. The molecule has 0 radical (unpaired) electrons. The van der Waals surface area contributed by atoms with E-state index in [2.05, 4.69) is 45.3 Å². The Morgan fingerprint density at radius 1 is 1.24 bits per heavy atom. The van der Waals surface area contributed by atoms with E-state index in [0.29, 0.717) is 17.6 Å². The Labute approximate surface area is 133 Å². The van der Waals surface area contributed by atoms with Gasteiger partial charge in [-0.15, -0.1) is 5.10 Å². The van der Waals surface area contributed by atoms with Crippen LogP contribution >= 0.6 is 15.9 Å². The lowest BCUT2D eigenvalue weighted by atomic mass is 9.80. The van der Waals surface area contributed by atoms with E-state index in [-0.39, 0.29) is 0 Å². The summed E-state index contributed by atoms with van der Waals surface area (Å²) in [5.74, 6) is 2.17. The number of anilines is 1. The molecule has 1 saturated carbocycles. The molecule has 3 atom stereocenters. The first kappa shape index (κ1) is 14.5. The van der Waals surface area contributed by atoms with Crippen LogP contribution in [-0.4, -0.2) is 20.2 Å². The van der Waals surface area contributed by atoms with Crippen molar-refractivity contribution >= 4 is 21.6 Å². The number of tetrazole rings is 1. The molecule has 0 bridgehead atoms. The lowest BCUT2D eigenvalue weighted by Gasteiger charge is -2.32. The maximum atomic E-state index is 5.93. The molecule has 3 unspecified atom stereocenters. The van der Waals surface area contributed by atoms with Crippen molar-refractivity contribution in [2.24, 2.45) is 11.8 Å². The van der Waals surface area contributed by atoms with E-state index in [4.69, 9.17) is 5.73 Å². The highest BCUT2D eigenvalue weighted by atomic mass is 79.9. The molecular weight excluding hydrogens is 330 g/mol. The Morgan fingerprint density at radius 3 is 2.76 bits per heavy atom. The van der Waals surface area contributed by atoms with Gasteiger partial charge in [-0.25, -0.2) is 4.68 Å². The van der Waals surface area contributed by atoms with Crippen LogP contribution in [0.1, 0.15) is 39.2 Å². The number of nitrogens with two attached hydrogens (primary N) is 1. The minimum Gasteiger partial charge on any atom is -0.399 e. The lowest BCUT2D eigenvalue weighted by Crippen LogP contribution is -2.26. The van der Waals surface area contributed by atoms with E-state index in [1.807, 2.05) is 22.9 Å². The first-order valence-corrected chi connectivity index (χ1v) is 8.18. The molecule has 0 spiro atoms. The number of rotatable bonds is 2. The van der Waals surface area contributed by atoms with Crippen molar-refractivity contribution < 1.29 is 0 Å². The van der Waals surface area contributed by atoms with Crippen LogP contribution in [0.3, 0.4) is 0 Å². The summed E-state index contributed by atoms with van der Waals surface area (Å²) < 4.78 is 2.93.